The largest absolute Gasteiger partial charge is 0.382 e. The van der Waals surface area contributed by atoms with Crippen LogP contribution in [0.15, 0.2) is 24.3 Å². The van der Waals surface area contributed by atoms with Gasteiger partial charge in [0.15, 0.2) is 0 Å². The maximum atomic E-state index is 12.6. The molecule has 1 N–H and O–H groups in total. The monoisotopic (exact) mass is 275 g/mol. The molecule has 0 aliphatic carbocycles. The maximum absolute atomic E-state index is 12.6. The van der Waals surface area contributed by atoms with Crippen molar-refractivity contribution in [2.45, 2.75) is 39.8 Å². The highest BCUT2D eigenvalue weighted by molar-refractivity contribution is 5.84. The summed E-state index contributed by atoms with van der Waals surface area (Å²) in [5.41, 5.74) is 2.24. The Labute approximate surface area is 121 Å². The van der Waals surface area contributed by atoms with Crippen molar-refractivity contribution in [3.63, 3.8) is 0 Å². The fraction of sp³-hybridized carbons (Fsp3) is 0.562. The molecule has 0 aromatic heterocycles. The number of hydrogen-bond donors (Lipinski definition) is 1. The van der Waals surface area contributed by atoms with Crippen LogP contribution in [0.5, 0.6) is 0 Å². The molecule has 1 heterocycles. The summed E-state index contributed by atoms with van der Waals surface area (Å²) in [6.45, 7) is 10.5. The predicted octanol–water partition coefficient (Wildman–Crippen LogP) is 2.56. The number of anilines is 2. The van der Waals surface area contributed by atoms with E-state index in [-0.39, 0.29) is 18.0 Å². The Morgan fingerprint density at radius 2 is 1.90 bits per heavy atom. The molecule has 4 heteroatoms. The third-order valence-electron chi connectivity index (χ3n) is 3.67. The zero-order valence-electron chi connectivity index (χ0n) is 12.9. The number of carbonyl (C=O) groups excluding carboxylic acids is 1. The summed E-state index contributed by atoms with van der Waals surface area (Å²) in [6, 6.07) is 8.65. The van der Waals surface area contributed by atoms with E-state index in [1.54, 1.807) is 0 Å². The molecule has 0 fully saturated rings. The minimum Gasteiger partial charge on any atom is -0.382 e. The summed E-state index contributed by atoms with van der Waals surface area (Å²) in [5, 5.41) is 3.37. The first-order valence-corrected chi connectivity index (χ1v) is 7.39. The second-order valence-electron chi connectivity index (χ2n) is 5.85. The molecule has 2 rings (SSSR count). The molecule has 0 atom stereocenters. The topological polar surface area (TPSA) is 35.6 Å². The number of hydrogen-bond acceptors (Lipinski definition) is 3. The zero-order chi connectivity index (χ0) is 14.7. The van der Waals surface area contributed by atoms with Crippen LogP contribution in [0.2, 0.25) is 0 Å². The van der Waals surface area contributed by atoms with Crippen LogP contribution in [0.1, 0.15) is 27.7 Å². The van der Waals surface area contributed by atoms with Gasteiger partial charge < -0.3 is 15.1 Å². The Morgan fingerprint density at radius 3 is 2.55 bits per heavy atom. The lowest BCUT2D eigenvalue weighted by Gasteiger charge is -2.36. The molecule has 0 radical (unpaired) electrons. The van der Waals surface area contributed by atoms with Gasteiger partial charge in [-0.25, -0.2) is 0 Å². The van der Waals surface area contributed by atoms with Crippen molar-refractivity contribution in [1.82, 2.24) is 4.90 Å². The Balaban J connectivity index is 2.13. The second-order valence-corrected chi connectivity index (χ2v) is 5.85. The van der Waals surface area contributed by atoms with E-state index in [1.807, 2.05) is 17.0 Å². The van der Waals surface area contributed by atoms with Crippen LogP contribution in [-0.4, -0.2) is 42.5 Å². The van der Waals surface area contributed by atoms with Gasteiger partial charge in [0.2, 0.25) is 5.91 Å². The lowest BCUT2D eigenvalue weighted by molar-refractivity contribution is -0.133. The van der Waals surface area contributed by atoms with Gasteiger partial charge in [0.05, 0.1) is 17.9 Å². The van der Waals surface area contributed by atoms with Crippen molar-refractivity contribution >= 4 is 17.3 Å². The van der Waals surface area contributed by atoms with Crippen molar-refractivity contribution < 1.29 is 4.79 Å². The molecule has 110 valence electrons. The van der Waals surface area contributed by atoms with E-state index < -0.39 is 0 Å². The highest BCUT2D eigenvalue weighted by Crippen LogP contribution is 2.28. The van der Waals surface area contributed by atoms with Gasteiger partial charge in [0.1, 0.15) is 0 Å². The normalized spacial score (nSPS) is 14.2. The quantitative estimate of drug-likeness (QED) is 0.917. The third kappa shape index (κ3) is 3.06. The third-order valence-corrected chi connectivity index (χ3v) is 3.67. The predicted molar refractivity (Wildman–Crippen MR) is 84.3 cm³/mol. The van der Waals surface area contributed by atoms with E-state index in [4.69, 9.17) is 0 Å². The van der Waals surface area contributed by atoms with Gasteiger partial charge in [0, 0.05) is 25.2 Å². The number of rotatable bonds is 4. The average molecular weight is 275 g/mol. The lowest BCUT2D eigenvalue weighted by atomic mass is 10.2. The minimum atomic E-state index is 0.201. The first-order chi connectivity index (χ1) is 9.50. The van der Waals surface area contributed by atoms with Gasteiger partial charge in [-0.15, -0.1) is 0 Å². The summed E-state index contributed by atoms with van der Waals surface area (Å²) in [6.07, 6.45) is 0. The number of benzene rings is 1. The van der Waals surface area contributed by atoms with Crippen LogP contribution in [0.25, 0.3) is 0 Å². The second kappa shape index (κ2) is 6.16. The average Bonchev–Trinajstić information content (AvgIpc) is 2.38. The minimum absolute atomic E-state index is 0.201. The maximum Gasteiger partial charge on any atom is 0.242 e. The first kappa shape index (κ1) is 14.7. The summed E-state index contributed by atoms with van der Waals surface area (Å²) in [5.74, 6) is 0.201. The van der Waals surface area contributed by atoms with E-state index in [1.165, 1.54) is 0 Å². The number of nitrogens with zero attached hydrogens (tertiary/aromatic N) is 2. The lowest BCUT2D eigenvalue weighted by Crippen LogP contribution is -2.48. The summed E-state index contributed by atoms with van der Waals surface area (Å²) in [4.78, 5) is 16.7. The summed E-state index contributed by atoms with van der Waals surface area (Å²) >= 11 is 0. The van der Waals surface area contributed by atoms with E-state index in [0.29, 0.717) is 6.54 Å². The molecule has 1 aromatic carbocycles. The highest BCUT2D eigenvalue weighted by Gasteiger charge is 2.24. The molecule has 1 aliphatic rings. The van der Waals surface area contributed by atoms with Gasteiger partial charge in [-0.2, -0.15) is 0 Å². The van der Waals surface area contributed by atoms with Gasteiger partial charge in [0.25, 0.3) is 0 Å². The van der Waals surface area contributed by atoms with Gasteiger partial charge in [-0.1, -0.05) is 12.1 Å². The van der Waals surface area contributed by atoms with Crippen molar-refractivity contribution in [3.8, 4) is 0 Å². The van der Waals surface area contributed by atoms with Crippen LogP contribution in [0, 0.1) is 0 Å². The number of fused-ring (bicyclic) bond motifs is 1. The molecule has 0 unspecified atom stereocenters. The van der Waals surface area contributed by atoms with Crippen LogP contribution < -0.4 is 10.2 Å². The fourth-order valence-electron chi connectivity index (χ4n) is 2.93. The standard InChI is InChI=1S/C16H25N3O/c1-12(2)19(13(3)4)16(20)11-18-10-9-17-14-7-5-6-8-15(14)18/h5-8,12-13,17H,9-11H2,1-4H3. The van der Waals surface area contributed by atoms with E-state index >= 15 is 0 Å². The Bertz CT molecular complexity index is 463. The first-order valence-electron chi connectivity index (χ1n) is 7.39. The molecule has 0 saturated carbocycles. The molecule has 0 saturated heterocycles. The Hall–Kier alpha value is -1.71. The Kier molecular flexibility index (Phi) is 4.53. The molecule has 0 spiro atoms. The van der Waals surface area contributed by atoms with Gasteiger partial charge in [-0.05, 0) is 39.8 Å². The van der Waals surface area contributed by atoms with E-state index in [9.17, 15) is 4.79 Å². The van der Waals surface area contributed by atoms with Crippen LogP contribution in [-0.2, 0) is 4.79 Å². The molecule has 1 aromatic rings. The molecule has 20 heavy (non-hydrogen) atoms. The number of para-hydroxylation sites is 2. The van der Waals surface area contributed by atoms with Crippen molar-refractivity contribution in [1.29, 1.82) is 0 Å². The zero-order valence-corrected chi connectivity index (χ0v) is 12.9. The van der Waals surface area contributed by atoms with E-state index in [2.05, 4.69) is 50.0 Å². The molecule has 1 amide bonds. The fourth-order valence-corrected chi connectivity index (χ4v) is 2.93. The molecule has 1 aliphatic heterocycles. The van der Waals surface area contributed by atoms with Crippen molar-refractivity contribution in [2.75, 3.05) is 29.9 Å². The van der Waals surface area contributed by atoms with Gasteiger partial charge in [-0.3, -0.25) is 4.79 Å². The highest BCUT2D eigenvalue weighted by atomic mass is 16.2. The summed E-state index contributed by atoms with van der Waals surface area (Å²) in [7, 11) is 0. The molecular formula is C16H25N3O. The number of nitrogens with one attached hydrogen (secondary N) is 1. The Morgan fingerprint density at radius 1 is 1.25 bits per heavy atom. The van der Waals surface area contributed by atoms with Crippen LogP contribution in [0.4, 0.5) is 11.4 Å². The van der Waals surface area contributed by atoms with Crippen LogP contribution >= 0.6 is 0 Å². The molecule has 4 nitrogen and oxygen atoms in total. The molecular weight excluding hydrogens is 250 g/mol. The van der Waals surface area contributed by atoms with Crippen molar-refractivity contribution in [3.05, 3.63) is 24.3 Å². The summed E-state index contributed by atoms with van der Waals surface area (Å²) < 4.78 is 0. The van der Waals surface area contributed by atoms with Crippen molar-refractivity contribution in [2.24, 2.45) is 0 Å². The SMILES string of the molecule is CC(C)N(C(=O)CN1CCNc2ccccc21)C(C)C. The molecule has 0 bridgehead atoms. The van der Waals surface area contributed by atoms with Crippen LogP contribution in [0.3, 0.4) is 0 Å². The van der Waals surface area contributed by atoms with Gasteiger partial charge >= 0.3 is 0 Å². The number of amides is 1. The van der Waals surface area contributed by atoms with E-state index in [0.717, 1.165) is 24.5 Å². The number of carbonyl (C=O) groups is 1. The smallest absolute Gasteiger partial charge is 0.242 e.